The highest BCUT2D eigenvalue weighted by molar-refractivity contribution is 5.97. The summed E-state index contributed by atoms with van der Waals surface area (Å²) in [6.07, 6.45) is 1.79. The van der Waals surface area contributed by atoms with Gasteiger partial charge in [-0.3, -0.25) is 9.59 Å². The van der Waals surface area contributed by atoms with E-state index in [1.54, 1.807) is 26.4 Å². The molecule has 1 atom stereocenters. The molecule has 0 radical (unpaired) electrons. The molecule has 3 aromatic carbocycles. The molecule has 0 aliphatic carbocycles. The Morgan fingerprint density at radius 2 is 1.61 bits per heavy atom. The van der Waals surface area contributed by atoms with Gasteiger partial charge in [-0.1, -0.05) is 48.5 Å². The number of hydrogen-bond donors (Lipinski definition) is 1. The Labute approximate surface area is 194 Å². The molecular weight excluding hydrogens is 416 g/mol. The number of benzene rings is 3. The maximum Gasteiger partial charge on any atom is 0.251 e. The number of amides is 2. The van der Waals surface area contributed by atoms with Crippen LogP contribution in [0.4, 0.5) is 0 Å². The van der Waals surface area contributed by atoms with Crippen molar-refractivity contribution in [3.05, 3.63) is 83.9 Å². The van der Waals surface area contributed by atoms with Gasteiger partial charge in [0.2, 0.25) is 5.91 Å². The highest BCUT2D eigenvalue weighted by atomic mass is 16.5. The lowest BCUT2D eigenvalue weighted by molar-refractivity contribution is -0.131. The second-order valence-electron chi connectivity index (χ2n) is 7.99. The van der Waals surface area contributed by atoms with Crippen molar-refractivity contribution in [2.75, 3.05) is 27.3 Å². The first-order valence-corrected chi connectivity index (χ1v) is 11.1. The lowest BCUT2D eigenvalue weighted by Crippen LogP contribution is -2.39. The van der Waals surface area contributed by atoms with Crippen molar-refractivity contribution in [1.29, 1.82) is 0 Å². The Morgan fingerprint density at radius 3 is 2.30 bits per heavy atom. The number of carbonyl (C=O) groups is 2. The summed E-state index contributed by atoms with van der Waals surface area (Å²) in [5.41, 5.74) is 3.66. The second kappa shape index (κ2) is 10.2. The predicted molar refractivity (Wildman–Crippen MR) is 127 cm³/mol. The van der Waals surface area contributed by atoms with Gasteiger partial charge in [0, 0.05) is 12.1 Å². The molecule has 1 aliphatic heterocycles. The molecule has 0 bridgehead atoms. The van der Waals surface area contributed by atoms with Crippen molar-refractivity contribution in [3.63, 3.8) is 0 Å². The first kappa shape index (κ1) is 22.4. The third-order valence-corrected chi connectivity index (χ3v) is 6.02. The van der Waals surface area contributed by atoms with Gasteiger partial charge in [0.05, 0.1) is 26.8 Å². The van der Waals surface area contributed by atoms with Gasteiger partial charge < -0.3 is 19.7 Å². The number of nitrogens with one attached hydrogen (secondary N) is 1. The van der Waals surface area contributed by atoms with Gasteiger partial charge in [-0.05, 0) is 53.8 Å². The Hall–Kier alpha value is -3.80. The molecule has 0 aromatic heterocycles. The van der Waals surface area contributed by atoms with Gasteiger partial charge in [-0.25, -0.2) is 0 Å². The van der Waals surface area contributed by atoms with Crippen molar-refractivity contribution >= 4 is 11.8 Å². The van der Waals surface area contributed by atoms with Crippen LogP contribution >= 0.6 is 0 Å². The van der Waals surface area contributed by atoms with E-state index in [1.165, 1.54) is 0 Å². The van der Waals surface area contributed by atoms with E-state index in [0.717, 1.165) is 29.5 Å². The van der Waals surface area contributed by atoms with E-state index in [0.29, 0.717) is 23.6 Å². The number of likely N-dealkylation sites (tertiary alicyclic amines) is 1. The van der Waals surface area contributed by atoms with Crippen LogP contribution in [0.25, 0.3) is 11.1 Å². The van der Waals surface area contributed by atoms with Crippen LogP contribution in [-0.4, -0.2) is 44.0 Å². The van der Waals surface area contributed by atoms with E-state index >= 15 is 0 Å². The predicted octanol–water partition coefficient (Wildman–Crippen LogP) is 4.46. The normalized spacial score (nSPS) is 15.2. The number of rotatable bonds is 7. The van der Waals surface area contributed by atoms with Crippen LogP contribution < -0.4 is 14.8 Å². The fraction of sp³-hybridized carbons (Fsp3) is 0.259. The molecule has 1 N–H and O–H groups in total. The molecule has 3 aromatic rings. The number of hydrogen-bond acceptors (Lipinski definition) is 4. The largest absolute Gasteiger partial charge is 0.493 e. The van der Waals surface area contributed by atoms with E-state index in [2.05, 4.69) is 5.32 Å². The number of methoxy groups -OCH3 is 2. The molecule has 170 valence electrons. The third kappa shape index (κ3) is 5.00. The molecule has 2 amide bonds. The van der Waals surface area contributed by atoms with E-state index in [-0.39, 0.29) is 24.4 Å². The van der Waals surface area contributed by atoms with Gasteiger partial charge in [0.25, 0.3) is 5.91 Å². The molecule has 1 fully saturated rings. The minimum atomic E-state index is -0.259. The summed E-state index contributed by atoms with van der Waals surface area (Å²) in [6.45, 7) is 0.628. The standard InChI is InChI=1S/C27H28N2O4/c1-32-24-15-14-22(17-25(24)33-2)23-9-6-16-29(23)26(30)18-28-27(31)21-12-10-20(11-13-21)19-7-4-3-5-8-19/h3-5,7-8,10-15,17,23H,6,9,16,18H2,1-2H3,(H,28,31)/t23-/m0/s1. The smallest absolute Gasteiger partial charge is 0.251 e. The van der Waals surface area contributed by atoms with Crippen LogP contribution in [0.2, 0.25) is 0 Å². The van der Waals surface area contributed by atoms with Crippen LogP contribution in [0.1, 0.15) is 34.8 Å². The summed E-state index contributed by atoms with van der Waals surface area (Å²) in [6, 6.07) is 23.1. The van der Waals surface area contributed by atoms with E-state index < -0.39 is 0 Å². The average Bonchev–Trinajstić information content (AvgIpc) is 3.37. The fourth-order valence-corrected chi connectivity index (χ4v) is 4.28. The van der Waals surface area contributed by atoms with Gasteiger partial charge in [0.15, 0.2) is 11.5 Å². The second-order valence-corrected chi connectivity index (χ2v) is 7.99. The van der Waals surface area contributed by atoms with Crippen molar-refractivity contribution in [3.8, 4) is 22.6 Å². The minimum absolute atomic E-state index is 0.0386. The van der Waals surface area contributed by atoms with E-state index in [4.69, 9.17) is 9.47 Å². The Kier molecular flexibility index (Phi) is 6.93. The minimum Gasteiger partial charge on any atom is -0.493 e. The quantitative estimate of drug-likeness (QED) is 0.584. The van der Waals surface area contributed by atoms with E-state index in [1.807, 2.05) is 65.6 Å². The maximum absolute atomic E-state index is 12.9. The van der Waals surface area contributed by atoms with Crippen molar-refractivity contribution in [2.24, 2.45) is 0 Å². The molecule has 1 aliphatic rings. The average molecular weight is 445 g/mol. The Balaban J connectivity index is 1.38. The summed E-state index contributed by atoms with van der Waals surface area (Å²) in [4.78, 5) is 27.4. The zero-order chi connectivity index (χ0) is 23.2. The number of ether oxygens (including phenoxy) is 2. The first-order chi connectivity index (χ1) is 16.1. The van der Waals surface area contributed by atoms with Crippen LogP contribution in [0.5, 0.6) is 11.5 Å². The highest BCUT2D eigenvalue weighted by Gasteiger charge is 2.30. The molecule has 6 nitrogen and oxygen atoms in total. The van der Waals surface area contributed by atoms with Crippen LogP contribution in [0, 0.1) is 0 Å². The lowest BCUT2D eigenvalue weighted by Gasteiger charge is -2.26. The molecule has 0 saturated carbocycles. The van der Waals surface area contributed by atoms with Crippen molar-refractivity contribution in [2.45, 2.75) is 18.9 Å². The molecule has 1 saturated heterocycles. The SMILES string of the molecule is COc1ccc([C@@H]2CCCN2C(=O)CNC(=O)c2ccc(-c3ccccc3)cc2)cc1OC. The molecule has 4 rings (SSSR count). The van der Waals surface area contributed by atoms with Crippen LogP contribution in [0.3, 0.4) is 0 Å². The van der Waals surface area contributed by atoms with Gasteiger partial charge in [0.1, 0.15) is 0 Å². The summed E-state index contributed by atoms with van der Waals surface area (Å²) in [5.74, 6) is 0.940. The highest BCUT2D eigenvalue weighted by Crippen LogP contribution is 2.36. The third-order valence-electron chi connectivity index (χ3n) is 6.02. The molecule has 6 heteroatoms. The molecule has 0 unspecified atom stereocenters. The molecular formula is C27H28N2O4. The van der Waals surface area contributed by atoms with Crippen molar-refractivity contribution < 1.29 is 19.1 Å². The molecule has 1 heterocycles. The Morgan fingerprint density at radius 1 is 0.909 bits per heavy atom. The van der Waals surface area contributed by atoms with Crippen LogP contribution in [0.15, 0.2) is 72.8 Å². The molecule has 0 spiro atoms. The first-order valence-electron chi connectivity index (χ1n) is 11.1. The maximum atomic E-state index is 12.9. The summed E-state index contributed by atoms with van der Waals surface area (Å²) in [7, 11) is 3.20. The zero-order valence-electron chi connectivity index (χ0n) is 18.9. The van der Waals surface area contributed by atoms with Crippen LogP contribution in [-0.2, 0) is 4.79 Å². The summed E-state index contributed by atoms with van der Waals surface area (Å²) >= 11 is 0. The van der Waals surface area contributed by atoms with Gasteiger partial charge >= 0.3 is 0 Å². The number of nitrogens with zero attached hydrogens (tertiary/aromatic N) is 1. The van der Waals surface area contributed by atoms with Crippen molar-refractivity contribution in [1.82, 2.24) is 10.2 Å². The van der Waals surface area contributed by atoms with Gasteiger partial charge in [-0.2, -0.15) is 0 Å². The topological polar surface area (TPSA) is 67.9 Å². The van der Waals surface area contributed by atoms with Gasteiger partial charge in [-0.15, -0.1) is 0 Å². The zero-order valence-corrected chi connectivity index (χ0v) is 18.9. The molecule has 33 heavy (non-hydrogen) atoms. The fourth-order valence-electron chi connectivity index (χ4n) is 4.28. The summed E-state index contributed by atoms with van der Waals surface area (Å²) in [5, 5.41) is 2.77. The Bertz CT molecular complexity index is 1110. The summed E-state index contributed by atoms with van der Waals surface area (Å²) < 4.78 is 10.7. The lowest BCUT2D eigenvalue weighted by atomic mass is 10.0. The van der Waals surface area contributed by atoms with E-state index in [9.17, 15) is 9.59 Å². The number of carbonyl (C=O) groups excluding carboxylic acids is 2. The monoisotopic (exact) mass is 444 g/mol.